The Morgan fingerprint density at radius 1 is 1.00 bits per heavy atom. The Bertz CT molecular complexity index is 1430. The molecule has 7 nitrogen and oxygen atoms in total. The Balaban J connectivity index is 2.03. The highest BCUT2D eigenvalue weighted by Gasteiger charge is 2.25. The average molecular weight is 573 g/mol. The van der Waals surface area contributed by atoms with Crippen LogP contribution in [0.1, 0.15) is 51.6 Å². The van der Waals surface area contributed by atoms with Gasteiger partial charge in [-0.1, -0.05) is 48.9 Å². The summed E-state index contributed by atoms with van der Waals surface area (Å²) in [6, 6.07) is 20.4. The lowest BCUT2D eigenvalue weighted by molar-refractivity contribution is -0.120. The smallest absolute Gasteiger partial charge is 0.247 e. The molecule has 0 fully saturated rings. The quantitative estimate of drug-likeness (QED) is 0.0791. The third kappa shape index (κ3) is 8.50. The van der Waals surface area contributed by atoms with E-state index in [2.05, 4.69) is 5.32 Å². The van der Waals surface area contributed by atoms with Crippen molar-refractivity contribution in [2.24, 2.45) is 0 Å². The maximum Gasteiger partial charge on any atom is 0.247 e. The molecule has 3 aromatic carbocycles. The van der Waals surface area contributed by atoms with Crippen LogP contribution in [0.4, 0.5) is 5.69 Å². The Morgan fingerprint density at radius 2 is 1.71 bits per heavy atom. The number of allylic oxidation sites excluding steroid dienone is 2. The molecule has 212 valence electrons. The molecule has 0 spiro atoms. The van der Waals surface area contributed by atoms with Crippen molar-refractivity contribution in [3.63, 3.8) is 0 Å². The molecule has 8 heteroatoms. The minimum Gasteiger partial charge on any atom is -0.495 e. The third-order valence-corrected chi connectivity index (χ3v) is 6.71. The van der Waals surface area contributed by atoms with E-state index in [-0.39, 0.29) is 17.4 Å². The molecule has 0 aliphatic rings. The van der Waals surface area contributed by atoms with Gasteiger partial charge in [-0.15, -0.1) is 0 Å². The second-order valence-corrected chi connectivity index (χ2v) is 9.81. The van der Waals surface area contributed by atoms with Crippen LogP contribution in [0.2, 0.25) is 5.02 Å². The number of Topliss-reactive ketones (excluding diaryl/α,β-unsaturated/α-hetero) is 1. The van der Waals surface area contributed by atoms with Gasteiger partial charge in [-0.25, -0.2) is 0 Å². The lowest BCUT2D eigenvalue weighted by atomic mass is 9.94. The van der Waals surface area contributed by atoms with E-state index >= 15 is 0 Å². The van der Waals surface area contributed by atoms with Gasteiger partial charge in [-0.3, -0.25) is 19.2 Å². The number of nitrogens with zero attached hydrogens (tertiary/aromatic N) is 1. The normalized spacial score (nSPS) is 12.3. The van der Waals surface area contributed by atoms with Crippen LogP contribution in [-0.4, -0.2) is 49.4 Å². The van der Waals surface area contributed by atoms with Gasteiger partial charge < -0.3 is 15.0 Å². The van der Waals surface area contributed by atoms with E-state index in [1.807, 2.05) is 37.3 Å². The summed E-state index contributed by atoms with van der Waals surface area (Å²) in [5.74, 6) is -0.0975. The lowest BCUT2D eigenvalue weighted by Gasteiger charge is -2.27. The first-order valence-electron chi connectivity index (χ1n) is 13.2. The van der Waals surface area contributed by atoms with Crippen molar-refractivity contribution >= 4 is 47.1 Å². The van der Waals surface area contributed by atoms with Crippen molar-refractivity contribution in [2.75, 3.05) is 19.5 Å². The summed E-state index contributed by atoms with van der Waals surface area (Å²) in [5, 5.41) is 3.32. The molecule has 3 rings (SSSR count). The molecular weight excluding hydrogens is 540 g/mol. The fourth-order valence-corrected chi connectivity index (χ4v) is 4.53. The van der Waals surface area contributed by atoms with Crippen LogP contribution in [0, 0.1) is 0 Å². The predicted octanol–water partition coefficient (Wildman–Crippen LogP) is 6.39. The number of amides is 1. The number of hydrogen-bond acceptors (Lipinski definition) is 6. The highest BCUT2D eigenvalue weighted by Crippen LogP contribution is 2.31. The number of rotatable bonds is 14. The molecular formula is C33H33ClN2O5. The first kappa shape index (κ1) is 31.0. The Labute approximate surface area is 245 Å². The summed E-state index contributed by atoms with van der Waals surface area (Å²) in [6.07, 6.45) is 5.67. The number of ether oxygens (including phenoxy) is 1. The van der Waals surface area contributed by atoms with Crippen LogP contribution in [0.5, 0.6) is 0 Å². The summed E-state index contributed by atoms with van der Waals surface area (Å²) in [7, 11) is 3.19. The van der Waals surface area contributed by atoms with E-state index in [0.29, 0.717) is 58.5 Å². The number of halogens is 1. The second kappa shape index (κ2) is 15.3. The Kier molecular flexibility index (Phi) is 11.6. The van der Waals surface area contributed by atoms with Gasteiger partial charge >= 0.3 is 0 Å². The summed E-state index contributed by atoms with van der Waals surface area (Å²) in [6.45, 7) is 1.92. The topological polar surface area (TPSA) is 92.8 Å². The van der Waals surface area contributed by atoms with Crippen molar-refractivity contribution in [3.05, 3.63) is 118 Å². The average Bonchev–Trinajstić information content (AvgIpc) is 2.98. The van der Waals surface area contributed by atoms with E-state index in [4.69, 9.17) is 16.3 Å². The van der Waals surface area contributed by atoms with Gasteiger partial charge in [-0.2, -0.15) is 0 Å². The van der Waals surface area contributed by atoms with Gasteiger partial charge in [0.2, 0.25) is 5.91 Å². The summed E-state index contributed by atoms with van der Waals surface area (Å²) < 4.78 is 5.72. The summed E-state index contributed by atoms with van der Waals surface area (Å²) in [4.78, 5) is 51.0. The Hall–Kier alpha value is -4.49. The molecule has 3 aromatic rings. The van der Waals surface area contributed by atoms with Crippen molar-refractivity contribution in [3.8, 4) is 0 Å². The first-order valence-corrected chi connectivity index (χ1v) is 13.6. The Morgan fingerprint density at radius 3 is 2.32 bits per heavy atom. The number of nitrogens with one attached hydrogen (secondary N) is 1. The number of benzene rings is 3. The number of carbonyl (C=O) groups is 4. The SMILES string of the molecule is CCCC(=O)c1ccc(Cl)cc1C(=C/C=O)/C(=C\N(C)C(Cc1ccccc1)C(=O)Nc1ccc(C=O)cc1)OC. The van der Waals surface area contributed by atoms with E-state index in [0.717, 1.165) is 11.8 Å². The number of anilines is 1. The van der Waals surface area contributed by atoms with Crippen LogP contribution >= 0.6 is 11.6 Å². The standard InChI is InChI=1S/C33H33ClN2O5/c1-4-8-31(39)27-16-13-25(34)20-29(27)28(17-18-37)32(41-3)21-36(2)30(19-23-9-6-5-7-10-23)33(40)35-26-14-11-24(22-38)12-15-26/h5-7,9-18,20-22,30H,4,8,19H2,1-3H3,(H,35,40)/b28-17-,32-21+. The molecule has 0 saturated carbocycles. The van der Waals surface area contributed by atoms with Crippen LogP contribution < -0.4 is 5.32 Å². The molecule has 1 amide bonds. The molecule has 1 unspecified atom stereocenters. The zero-order valence-corrected chi connectivity index (χ0v) is 24.1. The molecule has 1 N–H and O–H groups in total. The van der Waals surface area contributed by atoms with Gasteiger partial charge in [0, 0.05) is 53.5 Å². The minimum absolute atomic E-state index is 0.0818. The zero-order valence-electron chi connectivity index (χ0n) is 23.3. The second-order valence-electron chi connectivity index (χ2n) is 9.38. The molecule has 1 atom stereocenters. The number of ketones is 1. The zero-order chi connectivity index (χ0) is 29.8. The molecule has 0 bridgehead atoms. The van der Waals surface area contributed by atoms with Crippen LogP contribution in [0.3, 0.4) is 0 Å². The molecule has 41 heavy (non-hydrogen) atoms. The number of hydrogen-bond donors (Lipinski definition) is 1. The highest BCUT2D eigenvalue weighted by molar-refractivity contribution is 6.31. The highest BCUT2D eigenvalue weighted by atomic mass is 35.5. The van der Waals surface area contributed by atoms with Crippen molar-refractivity contribution < 1.29 is 23.9 Å². The minimum atomic E-state index is -0.689. The fraction of sp³-hybridized carbons (Fsp3) is 0.212. The van der Waals surface area contributed by atoms with Gasteiger partial charge in [-0.05, 0) is 66.1 Å². The molecule has 0 aliphatic carbocycles. The summed E-state index contributed by atoms with van der Waals surface area (Å²) in [5.41, 5.74) is 3.23. The third-order valence-electron chi connectivity index (χ3n) is 6.47. The van der Waals surface area contributed by atoms with E-state index in [9.17, 15) is 19.2 Å². The molecule has 0 aromatic heterocycles. The monoisotopic (exact) mass is 572 g/mol. The maximum atomic E-state index is 13.6. The number of carbonyl (C=O) groups excluding carboxylic acids is 4. The molecule has 0 radical (unpaired) electrons. The summed E-state index contributed by atoms with van der Waals surface area (Å²) >= 11 is 6.30. The first-order chi connectivity index (χ1) is 19.8. The molecule has 0 heterocycles. The van der Waals surface area contributed by atoms with Crippen molar-refractivity contribution in [1.29, 1.82) is 0 Å². The van der Waals surface area contributed by atoms with E-state index < -0.39 is 6.04 Å². The lowest BCUT2D eigenvalue weighted by Crippen LogP contribution is -2.41. The maximum absolute atomic E-state index is 13.6. The number of aldehydes is 2. The van der Waals surface area contributed by atoms with Crippen LogP contribution in [0.15, 0.2) is 90.8 Å². The van der Waals surface area contributed by atoms with E-state index in [1.54, 1.807) is 60.6 Å². The van der Waals surface area contributed by atoms with Gasteiger partial charge in [0.25, 0.3) is 0 Å². The fourth-order valence-electron chi connectivity index (χ4n) is 4.35. The molecule has 0 saturated heterocycles. The van der Waals surface area contributed by atoms with Crippen LogP contribution in [-0.2, 0) is 20.7 Å². The van der Waals surface area contributed by atoms with Gasteiger partial charge in [0.15, 0.2) is 5.78 Å². The van der Waals surface area contributed by atoms with E-state index in [1.165, 1.54) is 13.2 Å². The predicted molar refractivity (Wildman–Crippen MR) is 162 cm³/mol. The van der Waals surface area contributed by atoms with Gasteiger partial charge in [0.1, 0.15) is 24.4 Å². The molecule has 0 aliphatic heterocycles. The van der Waals surface area contributed by atoms with Crippen molar-refractivity contribution in [2.45, 2.75) is 32.2 Å². The largest absolute Gasteiger partial charge is 0.495 e. The van der Waals surface area contributed by atoms with Gasteiger partial charge in [0.05, 0.1) is 7.11 Å². The van der Waals surface area contributed by atoms with Crippen LogP contribution in [0.25, 0.3) is 5.57 Å². The number of methoxy groups -OCH3 is 1. The number of likely N-dealkylation sites (N-methyl/N-ethyl adjacent to an activating group) is 1. The van der Waals surface area contributed by atoms with Crippen molar-refractivity contribution in [1.82, 2.24) is 4.90 Å².